The summed E-state index contributed by atoms with van der Waals surface area (Å²) in [5.74, 6) is 1.82. The number of ether oxygens (including phenoxy) is 2. The van der Waals surface area contributed by atoms with Gasteiger partial charge in [-0.1, -0.05) is 11.6 Å². The van der Waals surface area contributed by atoms with Gasteiger partial charge in [-0.25, -0.2) is 4.79 Å². The summed E-state index contributed by atoms with van der Waals surface area (Å²) in [5, 5.41) is 8.44. The third-order valence-electron chi connectivity index (χ3n) is 4.41. The van der Waals surface area contributed by atoms with Gasteiger partial charge in [-0.2, -0.15) is 0 Å². The molecule has 1 aromatic carbocycles. The van der Waals surface area contributed by atoms with Crippen LogP contribution in [0.15, 0.2) is 36.4 Å². The van der Waals surface area contributed by atoms with Crippen molar-refractivity contribution in [3.8, 4) is 5.75 Å². The summed E-state index contributed by atoms with van der Waals surface area (Å²) in [7, 11) is 0. The van der Waals surface area contributed by atoms with Crippen LogP contribution in [0.3, 0.4) is 0 Å². The molecule has 0 bridgehead atoms. The quantitative estimate of drug-likeness (QED) is 0.719. The number of piperidine rings is 1. The van der Waals surface area contributed by atoms with E-state index in [1.54, 1.807) is 25.1 Å². The number of hydrogen-bond donors (Lipinski definition) is 0. The number of esters is 1. The fourth-order valence-electron chi connectivity index (χ4n) is 2.92. The van der Waals surface area contributed by atoms with E-state index in [2.05, 4.69) is 15.1 Å². The lowest BCUT2D eigenvalue weighted by Crippen LogP contribution is -2.36. The molecule has 1 aliphatic rings. The summed E-state index contributed by atoms with van der Waals surface area (Å²) in [6.07, 6.45) is 2.07. The third kappa shape index (κ3) is 4.85. The molecular formula is C19H22ClN3O3. The molecule has 3 rings (SSSR count). The summed E-state index contributed by atoms with van der Waals surface area (Å²) in [5.41, 5.74) is 0.539. The first-order chi connectivity index (χ1) is 12.7. The Morgan fingerprint density at radius 3 is 2.50 bits per heavy atom. The van der Waals surface area contributed by atoms with Crippen molar-refractivity contribution in [1.29, 1.82) is 0 Å². The van der Waals surface area contributed by atoms with Crippen molar-refractivity contribution < 1.29 is 14.3 Å². The van der Waals surface area contributed by atoms with Crippen LogP contribution >= 0.6 is 11.6 Å². The Bertz CT molecular complexity index is 714. The van der Waals surface area contributed by atoms with E-state index in [-0.39, 0.29) is 5.97 Å². The summed E-state index contributed by atoms with van der Waals surface area (Å²) in [6, 6.07) is 10.7. The first-order valence-electron chi connectivity index (χ1n) is 8.80. The van der Waals surface area contributed by atoms with Gasteiger partial charge in [-0.15, -0.1) is 10.2 Å². The molecule has 0 amide bonds. The molecule has 0 unspecified atom stereocenters. The molecule has 0 saturated carbocycles. The van der Waals surface area contributed by atoms with Crippen molar-refractivity contribution in [2.24, 2.45) is 5.92 Å². The lowest BCUT2D eigenvalue weighted by molar-refractivity contribution is 0.0526. The van der Waals surface area contributed by atoms with E-state index < -0.39 is 0 Å². The van der Waals surface area contributed by atoms with Crippen LogP contribution < -0.4 is 9.64 Å². The second-order valence-corrected chi connectivity index (χ2v) is 6.59. The Hall–Kier alpha value is -2.34. The smallest absolute Gasteiger partial charge is 0.338 e. The predicted molar refractivity (Wildman–Crippen MR) is 99.9 cm³/mol. The van der Waals surface area contributed by atoms with Crippen molar-refractivity contribution in [1.82, 2.24) is 10.2 Å². The van der Waals surface area contributed by atoms with Crippen LogP contribution in [0.2, 0.25) is 5.15 Å². The number of anilines is 1. The van der Waals surface area contributed by atoms with Crippen molar-refractivity contribution in [3.63, 3.8) is 0 Å². The fourth-order valence-corrected chi connectivity index (χ4v) is 3.02. The van der Waals surface area contributed by atoms with Gasteiger partial charge in [0.25, 0.3) is 0 Å². The normalized spacial score (nSPS) is 14.9. The maximum Gasteiger partial charge on any atom is 0.338 e. The lowest BCUT2D eigenvalue weighted by atomic mass is 9.98. The van der Waals surface area contributed by atoms with Crippen LogP contribution in [-0.4, -0.2) is 42.5 Å². The molecule has 138 valence electrons. The summed E-state index contributed by atoms with van der Waals surface area (Å²) < 4.78 is 10.9. The number of carbonyl (C=O) groups excluding carboxylic acids is 1. The molecule has 0 spiro atoms. The molecule has 0 aliphatic carbocycles. The van der Waals surface area contributed by atoms with Crippen LogP contribution in [0.25, 0.3) is 0 Å². The van der Waals surface area contributed by atoms with Gasteiger partial charge < -0.3 is 14.4 Å². The number of rotatable bonds is 6. The minimum absolute atomic E-state index is 0.309. The third-order valence-corrected chi connectivity index (χ3v) is 4.61. The first-order valence-corrected chi connectivity index (χ1v) is 9.17. The van der Waals surface area contributed by atoms with Gasteiger partial charge in [-0.05, 0) is 62.1 Å². The van der Waals surface area contributed by atoms with Gasteiger partial charge in [0.05, 0.1) is 18.8 Å². The van der Waals surface area contributed by atoms with Crippen LogP contribution in [0.4, 0.5) is 5.82 Å². The molecule has 7 heteroatoms. The molecule has 1 saturated heterocycles. The molecule has 1 aliphatic heterocycles. The molecule has 26 heavy (non-hydrogen) atoms. The number of halogens is 1. The molecule has 0 N–H and O–H groups in total. The van der Waals surface area contributed by atoms with Crippen LogP contribution in [0.5, 0.6) is 5.75 Å². The maximum atomic E-state index is 11.6. The largest absolute Gasteiger partial charge is 0.493 e. The Morgan fingerprint density at radius 1 is 1.15 bits per heavy atom. The number of aromatic nitrogens is 2. The van der Waals surface area contributed by atoms with Gasteiger partial charge in [0.15, 0.2) is 11.0 Å². The molecule has 6 nitrogen and oxygen atoms in total. The van der Waals surface area contributed by atoms with Gasteiger partial charge in [0.2, 0.25) is 0 Å². The van der Waals surface area contributed by atoms with Crippen LogP contribution in [0.1, 0.15) is 30.1 Å². The molecule has 0 atom stereocenters. The maximum absolute atomic E-state index is 11.6. The molecule has 1 aromatic heterocycles. The summed E-state index contributed by atoms with van der Waals surface area (Å²) in [6.45, 7) is 4.68. The molecule has 2 aromatic rings. The van der Waals surface area contributed by atoms with Crippen molar-refractivity contribution >= 4 is 23.4 Å². The fraction of sp³-hybridized carbons (Fsp3) is 0.421. The molecule has 2 heterocycles. The second kappa shape index (κ2) is 8.85. The number of hydrogen-bond acceptors (Lipinski definition) is 6. The van der Waals surface area contributed by atoms with Gasteiger partial charge in [-0.3, -0.25) is 0 Å². The lowest BCUT2D eigenvalue weighted by Gasteiger charge is -2.32. The van der Waals surface area contributed by atoms with Crippen LogP contribution in [-0.2, 0) is 4.74 Å². The summed E-state index contributed by atoms with van der Waals surface area (Å²) in [4.78, 5) is 13.9. The average Bonchev–Trinajstić information content (AvgIpc) is 2.68. The van der Waals surface area contributed by atoms with E-state index in [1.165, 1.54) is 0 Å². The first kappa shape index (κ1) is 18.5. The second-order valence-electron chi connectivity index (χ2n) is 6.20. The standard InChI is InChI=1S/C19H22ClN3O3/c1-2-25-19(24)15-3-5-16(6-4-15)26-13-14-9-11-23(12-10-14)18-8-7-17(20)21-22-18/h3-8,14H,2,9-13H2,1H3. The van der Waals surface area contributed by atoms with Gasteiger partial charge in [0, 0.05) is 13.1 Å². The number of benzene rings is 1. The van der Waals surface area contributed by atoms with E-state index in [1.807, 2.05) is 18.2 Å². The average molecular weight is 376 g/mol. The van der Waals surface area contributed by atoms with E-state index in [4.69, 9.17) is 21.1 Å². The van der Waals surface area contributed by atoms with Crippen molar-refractivity contribution in [2.45, 2.75) is 19.8 Å². The van der Waals surface area contributed by atoms with E-state index in [0.29, 0.717) is 29.8 Å². The van der Waals surface area contributed by atoms with Gasteiger partial charge in [0.1, 0.15) is 5.75 Å². The highest BCUT2D eigenvalue weighted by Gasteiger charge is 2.21. The Morgan fingerprint density at radius 2 is 1.88 bits per heavy atom. The van der Waals surface area contributed by atoms with Crippen LogP contribution in [0, 0.1) is 5.92 Å². The SMILES string of the molecule is CCOC(=O)c1ccc(OCC2CCN(c3ccc(Cl)nn3)CC2)cc1. The predicted octanol–water partition coefficient (Wildman–Crippen LogP) is 3.60. The Kier molecular flexibility index (Phi) is 6.28. The molecule has 1 fully saturated rings. The van der Waals surface area contributed by atoms with Crippen molar-refractivity contribution in [2.75, 3.05) is 31.2 Å². The zero-order valence-electron chi connectivity index (χ0n) is 14.7. The van der Waals surface area contributed by atoms with Gasteiger partial charge >= 0.3 is 5.97 Å². The highest BCUT2D eigenvalue weighted by atomic mass is 35.5. The number of nitrogens with zero attached hydrogens (tertiary/aromatic N) is 3. The monoisotopic (exact) mass is 375 g/mol. The highest BCUT2D eigenvalue weighted by Crippen LogP contribution is 2.23. The molecular weight excluding hydrogens is 354 g/mol. The number of carbonyl (C=O) groups is 1. The Balaban J connectivity index is 1.45. The Labute approximate surface area is 158 Å². The van der Waals surface area contributed by atoms with E-state index in [9.17, 15) is 4.79 Å². The molecule has 0 radical (unpaired) electrons. The van der Waals surface area contributed by atoms with Crippen molar-refractivity contribution in [3.05, 3.63) is 47.1 Å². The van der Waals surface area contributed by atoms with E-state index in [0.717, 1.165) is 37.5 Å². The zero-order chi connectivity index (χ0) is 18.4. The topological polar surface area (TPSA) is 64.6 Å². The minimum Gasteiger partial charge on any atom is -0.493 e. The minimum atomic E-state index is -0.309. The van der Waals surface area contributed by atoms with E-state index >= 15 is 0 Å². The zero-order valence-corrected chi connectivity index (χ0v) is 15.5. The highest BCUT2D eigenvalue weighted by molar-refractivity contribution is 6.29. The summed E-state index contributed by atoms with van der Waals surface area (Å²) >= 11 is 5.78.